The number of thioether (sulfide) groups is 1. The fraction of sp³-hybridized carbons (Fsp3) is 0.583. The van der Waals surface area contributed by atoms with Crippen molar-refractivity contribution in [2.24, 2.45) is 0 Å². The van der Waals surface area contributed by atoms with Gasteiger partial charge in [0.2, 0.25) is 10.0 Å². The predicted molar refractivity (Wildman–Crippen MR) is 79.1 cm³/mol. The maximum atomic E-state index is 12.5. The number of rotatable bonds is 5. The standard InChI is InChI=1S/C12H19N3O2S2/c1-3-13-12-8-11(4-6-14-12)19(16,17)15(2)10-5-7-18-9-10/h4,6,8,10H,3,5,7,9H2,1-2H3,(H,13,14). The summed E-state index contributed by atoms with van der Waals surface area (Å²) in [6, 6.07) is 3.25. The highest BCUT2D eigenvalue weighted by Crippen LogP contribution is 2.26. The van der Waals surface area contributed by atoms with Gasteiger partial charge in [0.15, 0.2) is 0 Å². The fourth-order valence-electron chi connectivity index (χ4n) is 2.02. The summed E-state index contributed by atoms with van der Waals surface area (Å²) in [5.74, 6) is 2.50. The van der Waals surface area contributed by atoms with Gasteiger partial charge in [0.05, 0.1) is 4.90 Å². The van der Waals surface area contributed by atoms with E-state index >= 15 is 0 Å². The first kappa shape index (κ1) is 14.6. The lowest BCUT2D eigenvalue weighted by Crippen LogP contribution is -2.37. The van der Waals surface area contributed by atoms with Crippen molar-refractivity contribution in [3.8, 4) is 0 Å². The van der Waals surface area contributed by atoms with Gasteiger partial charge < -0.3 is 5.32 Å². The zero-order chi connectivity index (χ0) is 13.9. The number of anilines is 1. The van der Waals surface area contributed by atoms with Crippen LogP contribution in [-0.2, 0) is 10.0 Å². The van der Waals surface area contributed by atoms with Crippen LogP contribution in [0.5, 0.6) is 0 Å². The summed E-state index contributed by atoms with van der Waals surface area (Å²) in [6.07, 6.45) is 2.45. The van der Waals surface area contributed by atoms with Crippen LogP contribution >= 0.6 is 11.8 Å². The molecular weight excluding hydrogens is 282 g/mol. The Hall–Kier alpha value is -0.790. The third kappa shape index (κ3) is 3.21. The Bertz CT molecular complexity index is 528. The molecule has 0 aliphatic carbocycles. The van der Waals surface area contributed by atoms with Crippen molar-refractivity contribution in [2.75, 3.05) is 30.4 Å². The SMILES string of the molecule is CCNc1cc(S(=O)(=O)N(C)C2CCSC2)ccn1. The first-order chi connectivity index (χ1) is 9.05. The Kier molecular flexibility index (Phi) is 4.70. The van der Waals surface area contributed by atoms with E-state index in [9.17, 15) is 8.42 Å². The fourth-order valence-corrected chi connectivity index (χ4v) is 4.78. The molecule has 2 rings (SSSR count). The number of nitrogens with zero attached hydrogens (tertiary/aromatic N) is 2. The molecule has 1 saturated heterocycles. The first-order valence-electron chi connectivity index (χ1n) is 6.31. The molecule has 2 heterocycles. The molecule has 1 aromatic rings. The number of pyridine rings is 1. The molecule has 19 heavy (non-hydrogen) atoms. The van der Waals surface area contributed by atoms with Gasteiger partial charge >= 0.3 is 0 Å². The van der Waals surface area contributed by atoms with E-state index in [-0.39, 0.29) is 6.04 Å². The molecule has 0 spiro atoms. The van der Waals surface area contributed by atoms with Crippen molar-refractivity contribution in [3.63, 3.8) is 0 Å². The van der Waals surface area contributed by atoms with Crippen molar-refractivity contribution >= 4 is 27.6 Å². The first-order valence-corrected chi connectivity index (χ1v) is 8.91. The van der Waals surface area contributed by atoms with E-state index in [4.69, 9.17) is 0 Å². The Morgan fingerprint density at radius 2 is 2.37 bits per heavy atom. The highest BCUT2D eigenvalue weighted by atomic mass is 32.2. The summed E-state index contributed by atoms with van der Waals surface area (Å²) in [7, 11) is -1.76. The second-order valence-electron chi connectivity index (χ2n) is 4.45. The number of sulfonamides is 1. The van der Waals surface area contributed by atoms with E-state index in [1.54, 1.807) is 30.9 Å². The summed E-state index contributed by atoms with van der Waals surface area (Å²) >= 11 is 1.80. The van der Waals surface area contributed by atoms with Crippen LogP contribution in [0, 0.1) is 0 Å². The van der Waals surface area contributed by atoms with Crippen LogP contribution in [0.3, 0.4) is 0 Å². The summed E-state index contributed by atoms with van der Waals surface area (Å²) < 4.78 is 26.6. The Morgan fingerprint density at radius 3 is 3.00 bits per heavy atom. The van der Waals surface area contributed by atoms with Gasteiger partial charge in [-0.3, -0.25) is 0 Å². The molecule has 106 valence electrons. The van der Waals surface area contributed by atoms with Crippen molar-refractivity contribution in [2.45, 2.75) is 24.3 Å². The van der Waals surface area contributed by atoms with Crippen molar-refractivity contribution in [1.29, 1.82) is 0 Å². The topological polar surface area (TPSA) is 62.3 Å². The van der Waals surface area contributed by atoms with Gasteiger partial charge in [-0.15, -0.1) is 0 Å². The van der Waals surface area contributed by atoms with Crippen LogP contribution in [0.4, 0.5) is 5.82 Å². The summed E-state index contributed by atoms with van der Waals surface area (Å²) in [5.41, 5.74) is 0. The predicted octanol–water partition coefficient (Wildman–Crippen LogP) is 1.64. The largest absolute Gasteiger partial charge is 0.370 e. The third-order valence-electron chi connectivity index (χ3n) is 3.19. The number of nitrogens with one attached hydrogen (secondary N) is 1. The average molecular weight is 301 g/mol. The van der Waals surface area contributed by atoms with Crippen LogP contribution in [0.15, 0.2) is 23.2 Å². The monoisotopic (exact) mass is 301 g/mol. The lowest BCUT2D eigenvalue weighted by Gasteiger charge is -2.23. The Morgan fingerprint density at radius 1 is 1.58 bits per heavy atom. The molecule has 1 aromatic heterocycles. The molecule has 1 unspecified atom stereocenters. The molecule has 0 bridgehead atoms. The highest BCUT2D eigenvalue weighted by Gasteiger charge is 2.30. The van der Waals surface area contributed by atoms with Crippen LogP contribution in [0.25, 0.3) is 0 Å². The minimum absolute atomic E-state index is 0.103. The molecule has 0 amide bonds. The minimum atomic E-state index is -3.42. The van der Waals surface area contributed by atoms with Crippen LogP contribution in [0.2, 0.25) is 0 Å². The molecule has 1 atom stereocenters. The van der Waals surface area contributed by atoms with E-state index in [1.807, 2.05) is 6.92 Å². The second-order valence-corrected chi connectivity index (χ2v) is 7.59. The van der Waals surface area contributed by atoms with Crippen molar-refractivity contribution < 1.29 is 8.42 Å². The van der Waals surface area contributed by atoms with E-state index in [2.05, 4.69) is 10.3 Å². The molecule has 5 nitrogen and oxygen atoms in total. The molecule has 0 radical (unpaired) electrons. The van der Waals surface area contributed by atoms with E-state index in [0.717, 1.165) is 17.9 Å². The zero-order valence-electron chi connectivity index (χ0n) is 11.2. The molecule has 1 N–H and O–H groups in total. The smallest absolute Gasteiger partial charge is 0.243 e. The van der Waals surface area contributed by atoms with Gasteiger partial charge in [-0.05, 0) is 25.2 Å². The zero-order valence-corrected chi connectivity index (χ0v) is 12.8. The Balaban J connectivity index is 2.25. The van der Waals surface area contributed by atoms with Gasteiger partial charge in [0.25, 0.3) is 0 Å². The lowest BCUT2D eigenvalue weighted by molar-refractivity contribution is 0.394. The quantitative estimate of drug-likeness (QED) is 0.896. The van der Waals surface area contributed by atoms with Gasteiger partial charge in [-0.25, -0.2) is 13.4 Å². The number of aromatic nitrogens is 1. The summed E-state index contributed by atoms with van der Waals surface area (Å²) in [4.78, 5) is 4.40. The van der Waals surface area contributed by atoms with Crippen LogP contribution in [0.1, 0.15) is 13.3 Å². The normalized spacial score (nSPS) is 19.8. The molecule has 1 aliphatic rings. The molecule has 0 aromatic carbocycles. The minimum Gasteiger partial charge on any atom is -0.370 e. The van der Waals surface area contributed by atoms with E-state index < -0.39 is 10.0 Å². The van der Waals surface area contributed by atoms with Crippen molar-refractivity contribution in [3.05, 3.63) is 18.3 Å². The molecule has 1 aliphatic heterocycles. The van der Waals surface area contributed by atoms with E-state index in [1.165, 1.54) is 10.5 Å². The van der Waals surface area contributed by atoms with Gasteiger partial charge in [-0.2, -0.15) is 16.1 Å². The maximum Gasteiger partial charge on any atom is 0.243 e. The maximum absolute atomic E-state index is 12.5. The van der Waals surface area contributed by atoms with Crippen LogP contribution in [-0.4, -0.2) is 48.8 Å². The molecular formula is C12H19N3O2S2. The molecule has 1 fully saturated rings. The van der Waals surface area contributed by atoms with Crippen LogP contribution < -0.4 is 5.32 Å². The lowest BCUT2D eigenvalue weighted by atomic mass is 10.3. The molecule has 7 heteroatoms. The number of hydrogen-bond acceptors (Lipinski definition) is 5. The van der Waals surface area contributed by atoms with E-state index in [0.29, 0.717) is 17.3 Å². The van der Waals surface area contributed by atoms with Gasteiger partial charge in [0, 0.05) is 37.7 Å². The Labute approximate surface area is 118 Å². The van der Waals surface area contributed by atoms with Crippen molar-refractivity contribution in [1.82, 2.24) is 9.29 Å². The van der Waals surface area contributed by atoms with Gasteiger partial charge in [0.1, 0.15) is 5.82 Å². The molecule has 0 saturated carbocycles. The second kappa shape index (κ2) is 6.11. The highest BCUT2D eigenvalue weighted by molar-refractivity contribution is 7.99. The number of hydrogen-bond donors (Lipinski definition) is 1. The average Bonchev–Trinajstić information content (AvgIpc) is 2.92. The van der Waals surface area contributed by atoms with Gasteiger partial charge in [-0.1, -0.05) is 0 Å². The third-order valence-corrected chi connectivity index (χ3v) is 6.24. The summed E-state index contributed by atoms with van der Waals surface area (Å²) in [6.45, 7) is 2.66. The summed E-state index contributed by atoms with van der Waals surface area (Å²) in [5, 5.41) is 3.03.